The van der Waals surface area contributed by atoms with E-state index in [0.717, 1.165) is 61.4 Å². The fraction of sp³-hybridized carbons (Fsp3) is 0.500. The number of halogens is 2. The number of thiazole rings is 1. The zero-order chi connectivity index (χ0) is 26.7. The van der Waals surface area contributed by atoms with Gasteiger partial charge >= 0.3 is 0 Å². The van der Waals surface area contributed by atoms with Gasteiger partial charge in [-0.1, -0.05) is 18.6 Å². The molecule has 3 saturated carbocycles. The van der Waals surface area contributed by atoms with Gasteiger partial charge in [0, 0.05) is 53.8 Å². The van der Waals surface area contributed by atoms with Gasteiger partial charge in [-0.25, -0.2) is 18.7 Å². The molecule has 0 N–H and O–H groups in total. The van der Waals surface area contributed by atoms with Crippen molar-refractivity contribution in [2.45, 2.75) is 82.0 Å². The van der Waals surface area contributed by atoms with E-state index in [1.165, 1.54) is 23.5 Å². The first kappa shape index (κ1) is 26.7. The highest BCUT2D eigenvalue weighted by Crippen LogP contribution is 2.44. The van der Waals surface area contributed by atoms with Crippen LogP contribution in [0.3, 0.4) is 0 Å². The first-order valence-electron chi connectivity index (χ1n) is 13.6. The standard InChI is InChI=1S/C28H31F2N3O2S.C2H4/c29-28(30)14-21(15-28)27(34)33(12-3-1-2-7-25-31-24(17-36-25)18-8-9-18)22-6-4-5-20(13-22)23-16-35-26(32-23)19-10-11-19;1-2/h4-6,13,16-19,21H,1-3,7-12,14-15H2;1-2H2. The number of unbranched alkanes of at least 4 members (excludes halogenated alkanes) is 2. The second kappa shape index (κ2) is 11.5. The fourth-order valence-corrected chi connectivity index (χ4v) is 5.85. The van der Waals surface area contributed by atoms with Crippen molar-refractivity contribution in [3.8, 4) is 11.3 Å². The smallest absolute Gasteiger partial charge is 0.249 e. The molecule has 0 bridgehead atoms. The molecule has 0 aliphatic heterocycles. The minimum Gasteiger partial charge on any atom is -0.448 e. The number of amides is 1. The van der Waals surface area contributed by atoms with Gasteiger partial charge < -0.3 is 9.32 Å². The van der Waals surface area contributed by atoms with E-state index in [4.69, 9.17) is 9.40 Å². The average molecular weight is 540 g/mol. The normalized spacial score (nSPS) is 18.4. The Morgan fingerprint density at radius 3 is 2.55 bits per heavy atom. The lowest BCUT2D eigenvalue weighted by atomic mass is 9.80. The van der Waals surface area contributed by atoms with Crippen molar-refractivity contribution in [2.24, 2.45) is 5.92 Å². The number of carbonyl (C=O) groups excluding carboxylic acids is 1. The van der Waals surface area contributed by atoms with E-state index in [9.17, 15) is 13.6 Å². The molecule has 5 nitrogen and oxygen atoms in total. The summed E-state index contributed by atoms with van der Waals surface area (Å²) in [6.45, 7) is 6.52. The Morgan fingerprint density at radius 1 is 1.08 bits per heavy atom. The van der Waals surface area contributed by atoms with E-state index in [-0.39, 0.29) is 18.7 Å². The Labute approximate surface area is 227 Å². The number of aryl methyl sites for hydroxylation is 1. The number of rotatable bonds is 11. The number of aromatic nitrogens is 2. The Bertz CT molecular complexity index is 1240. The number of hydrogen-bond acceptors (Lipinski definition) is 5. The summed E-state index contributed by atoms with van der Waals surface area (Å²) in [6.07, 6.45) is 9.42. The minimum atomic E-state index is -2.72. The van der Waals surface area contributed by atoms with Crippen LogP contribution in [0.15, 0.2) is 53.5 Å². The van der Waals surface area contributed by atoms with E-state index >= 15 is 0 Å². The molecule has 8 heteroatoms. The summed E-state index contributed by atoms with van der Waals surface area (Å²) in [4.78, 5) is 24.4. The largest absolute Gasteiger partial charge is 0.448 e. The van der Waals surface area contributed by atoms with Gasteiger partial charge in [-0.3, -0.25) is 4.79 Å². The third kappa shape index (κ3) is 6.40. The summed E-state index contributed by atoms with van der Waals surface area (Å²) in [5, 5.41) is 3.38. The van der Waals surface area contributed by atoms with Crippen LogP contribution in [-0.4, -0.2) is 28.3 Å². The monoisotopic (exact) mass is 539 g/mol. The Hall–Kier alpha value is -2.87. The molecule has 0 radical (unpaired) electrons. The first-order chi connectivity index (χ1) is 18.4. The highest BCUT2D eigenvalue weighted by molar-refractivity contribution is 7.09. The summed E-state index contributed by atoms with van der Waals surface area (Å²) in [5.74, 6) is -1.67. The Morgan fingerprint density at radius 2 is 1.84 bits per heavy atom. The summed E-state index contributed by atoms with van der Waals surface area (Å²) in [7, 11) is 0. The molecule has 202 valence electrons. The van der Waals surface area contributed by atoms with E-state index in [1.54, 1.807) is 22.5 Å². The fourth-order valence-electron chi connectivity index (χ4n) is 4.92. The van der Waals surface area contributed by atoms with Crippen molar-refractivity contribution >= 4 is 22.9 Å². The number of anilines is 1. The van der Waals surface area contributed by atoms with Crippen LogP contribution in [0.5, 0.6) is 0 Å². The van der Waals surface area contributed by atoms with Gasteiger partial charge in [0.2, 0.25) is 11.8 Å². The maximum Gasteiger partial charge on any atom is 0.249 e. The lowest BCUT2D eigenvalue weighted by molar-refractivity contribution is -0.147. The van der Waals surface area contributed by atoms with Crippen LogP contribution in [0, 0.1) is 5.92 Å². The van der Waals surface area contributed by atoms with Crippen LogP contribution < -0.4 is 4.90 Å². The predicted octanol–water partition coefficient (Wildman–Crippen LogP) is 8.15. The lowest BCUT2D eigenvalue weighted by Gasteiger charge is -2.37. The van der Waals surface area contributed by atoms with Gasteiger partial charge in [0.05, 0.1) is 10.7 Å². The van der Waals surface area contributed by atoms with Crippen LogP contribution in [-0.2, 0) is 11.2 Å². The Kier molecular flexibility index (Phi) is 8.07. The van der Waals surface area contributed by atoms with Gasteiger partial charge in [0.1, 0.15) is 12.0 Å². The van der Waals surface area contributed by atoms with Crippen LogP contribution in [0.2, 0.25) is 0 Å². The zero-order valence-electron chi connectivity index (χ0n) is 21.7. The van der Waals surface area contributed by atoms with Crippen LogP contribution in [0.25, 0.3) is 11.3 Å². The molecule has 0 atom stereocenters. The van der Waals surface area contributed by atoms with Crippen LogP contribution >= 0.6 is 11.3 Å². The molecule has 0 saturated heterocycles. The summed E-state index contributed by atoms with van der Waals surface area (Å²) >= 11 is 1.74. The maximum atomic E-state index is 13.5. The van der Waals surface area contributed by atoms with Gasteiger partial charge in [0.25, 0.3) is 0 Å². The average Bonchev–Trinajstić information content (AvgIpc) is 3.85. The van der Waals surface area contributed by atoms with Gasteiger partial charge in [-0.15, -0.1) is 24.5 Å². The molecule has 1 amide bonds. The van der Waals surface area contributed by atoms with Crippen molar-refractivity contribution in [2.75, 3.05) is 11.4 Å². The number of alkyl halides is 2. The van der Waals surface area contributed by atoms with Crippen molar-refractivity contribution < 1.29 is 18.0 Å². The van der Waals surface area contributed by atoms with Gasteiger partial charge in [-0.05, 0) is 57.1 Å². The van der Waals surface area contributed by atoms with Crippen molar-refractivity contribution in [1.29, 1.82) is 0 Å². The maximum absolute atomic E-state index is 13.5. The molecule has 3 aliphatic rings. The third-order valence-corrected chi connectivity index (χ3v) is 8.37. The van der Waals surface area contributed by atoms with Crippen LogP contribution in [0.4, 0.5) is 14.5 Å². The first-order valence-corrected chi connectivity index (χ1v) is 14.5. The molecule has 0 unspecified atom stereocenters. The van der Waals surface area contributed by atoms with E-state index in [0.29, 0.717) is 18.4 Å². The molecular formula is C30H35F2N3O2S. The molecule has 6 rings (SSSR count). The Balaban J connectivity index is 0.00000144. The molecule has 0 spiro atoms. The van der Waals surface area contributed by atoms with Crippen molar-refractivity contribution in [3.05, 3.63) is 65.7 Å². The lowest BCUT2D eigenvalue weighted by Crippen LogP contribution is -2.47. The topological polar surface area (TPSA) is 59.2 Å². The van der Waals surface area contributed by atoms with Crippen LogP contribution in [0.1, 0.15) is 86.2 Å². The predicted molar refractivity (Wildman–Crippen MR) is 147 cm³/mol. The summed E-state index contributed by atoms with van der Waals surface area (Å²) in [6, 6.07) is 7.65. The molecule has 2 aromatic heterocycles. The number of benzene rings is 1. The van der Waals surface area contributed by atoms with E-state index < -0.39 is 11.8 Å². The molecule has 1 aromatic carbocycles. The minimum absolute atomic E-state index is 0.203. The number of hydrogen-bond donors (Lipinski definition) is 0. The highest BCUT2D eigenvalue weighted by atomic mass is 32.1. The van der Waals surface area contributed by atoms with Crippen molar-refractivity contribution in [1.82, 2.24) is 9.97 Å². The molecule has 38 heavy (non-hydrogen) atoms. The van der Waals surface area contributed by atoms with E-state index in [2.05, 4.69) is 23.5 Å². The zero-order valence-corrected chi connectivity index (χ0v) is 22.5. The SMILES string of the molecule is C=C.O=C(C1CC(F)(F)C1)N(CCCCCc1nc(C2CC2)cs1)c1cccc(-c2coc(C3CC3)n2)c1. The third-order valence-electron chi connectivity index (χ3n) is 7.44. The summed E-state index contributed by atoms with van der Waals surface area (Å²) in [5.41, 5.74) is 3.60. The van der Waals surface area contributed by atoms with Crippen molar-refractivity contribution in [3.63, 3.8) is 0 Å². The molecule has 3 aliphatic carbocycles. The number of oxazole rings is 1. The van der Waals surface area contributed by atoms with Gasteiger partial charge in [-0.2, -0.15) is 0 Å². The molecule has 2 heterocycles. The molecular weight excluding hydrogens is 504 g/mol. The highest BCUT2D eigenvalue weighted by Gasteiger charge is 2.50. The summed E-state index contributed by atoms with van der Waals surface area (Å²) < 4.78 is 32.7. The molecule has 3 aromatic rings. The molecule has 3 fully saturated rings. The number of carbonyl (C=O) groups is 1. The second-order valence-corrected chi connectivity index (χ2v) is 11.5. The van der Waals surface area contributed by atoms with E-state index in [1.807, 2.05) is 24.3 Å². The quantitative estimate of drug-likeness (QED) is 0.182. The second-order valence-electron chi connectivity index (χ2n) is 10.6. The number of nitrogens with zero attached hydrogens (tertiary/aromatic N) is 3. The van der Waals surface area contributed by atoms with Gasteiger partial charge in [0.15, 0.2) is 5.89 Å².